The largest absolute Gasteiger partial charge is 0.477 e. The first-order valence-electron chi connectivity index (χ1n) is 6.76. The molecule has 0 aromatic carbocycles. The quantitative estimate of drug-likeness (QED) is 0.836. The molecule has 1 aromatic rings. The molecule has 5 nitrogen and oxygen atoms in total. The highest BCUT2D eigenvalue weighted by atomic mass is 32.2. The van der Waals surface area contributed by atoms with E-state index >= 15 is 0 Å². The average Bonchev–Trinajstić information content (AvgIpc) is 2.59. The Bertz CT molecular complexity index is 584. The fourth-order valence-corrected chi connectivity index (χ4v) is 5.25. The molecule has 0 amide bonds. The minimum atomic E-state index is -3.62. The van der Waals surface area contributed by atoms with Crippen LogP contribution in [-0.4, -0.2) is 25.5 Å². The molecule has 0 spiro atoms. The Morgan fingerprint density at radius 3 is 2.40 bits per heavy atom. The number of aryl methyl sites for hydroxylation is 1. The monoisotopic (exact) mass is 317 g/mol. The molecular weight excluding hydrogens is 298 g/mol. The molecule has 7 heteroatoms. The lowest BCUT2D eigenvalue weighted by Gasteiger charge is -2.16. The highest BCUT2D eigenvalue weighted by molar-refractivity contribution is 7.89. The Morgan fingerprint density at radius 2 is 1.90 bits per heavy atom. The Labute approximate surface area is 123 Å². The molecule has 2 N–H and O–H groups in total. The zero-order valence-corrected chi connectivity index (χ0v) is 13.0. The number of thiophene rings is 1. The second-order valence-electron chi connectivity index (χ2n) is 5.15. The maximum absolute atomic E-state index is 12.4. The van der Waals surface area contributed by atoms with Crippen molar-refractivity contribution in [2.24, 2.45) is 0 Å². The van der Waals surface area contributed by atoms with Crippen LogP contribution < -0.4 is 4.72 Å². The number of sulfonamides is 1. The van der Waals surface area contributed by atoms with E-state index in [1.807, 2.05) is 0 Å². The van der Waals surface area contributed by atoms with Gasteiger partial charge >= 0.3 is 5.97 Å². The van der Waals surface area contributed by atoms with Crippen LogP contribution in [0.1, 0.15) is 53.1 Å². The molecule has 1 saturated carbocycles. The van der Waals surface area contributed by atoms with Gasteiger partial charge < -0.3 is 5.11 Å². The molecule has 0 bridgehead atoms. The fourth-order valence-electron chi connectivity index (χ4n) is 2.52. The maximum atomic E-state index is 12.4. The van der Waals surface area contributed by atoms with E-state index in [1.54, 1.807) is 6.92 Å². The zero-order valence-electron chi connectivity index (χ0n) is 11.4. The molecule has 1 aliphatic rings. The molecule has 0 saturated heterocycles. The highest BCUT2D eigenvalue weighted by Gasteiger charge is 2.25. The zero-order chi connectivity index (χ0) is 14.8. The summed E-state index contributed by atoms with van der Waals surface area (Å²) in [5.74, 6) is -1.09. The number of carbonyl (C=O) groups is 1. The first-order valence-corrected chi connectivity index (χ1v) is 9.06. The van der Waals surface area contributed by atoms with Crippen LogP contribution in [0.2, 0.25) is 0 Å². The summed E-state index contributed by atoms with van der Waals surface area (Å²) in [6, 6.07) is 1.22. The Kier molecular flexibility index (Phi) is 4.82. The summed E-state index contributed by atoms with van der Waals surface area (Å²) in [4.78, 5) is 11.6. The van der Waals surface area contributed by atoms with Crippen molar-refractivity contribution in [2.45, 2.75) is 56.4 Å². The number of carboxylic acids is 1. The molecular formula is C13H19NO4S2. The number of nitrogens with one attached hydrogen (secondary N) is 1. The van der Waals surface area contributed by atoms with E-state index < -0.39 is 16.0 Å². The maximum Gasteiger partial charge on any atom is 0.345 e. The van der Waals surface area contributed by atoms with E-state index in [0.717, 1.165) is 49.9 Å². The number of hydrogen-bond donors (Lipinski definition) is 2. The lowest BCUT2D eigenvalue weighted by atomic mass is 10.1. The van der Waals surface area contributed by atoms with Crippen molar-refractivity contribution in [3.63, 3.8) is 0 Å². The van der Waals surface area contributed by atoms with Crippen molar-refractivity contribution < 1.29 is 18.3 Å². The van der Waals surface area contributed by atoms with Crippen LogP contribution in [0.3, 0.4) is 0 Å². The van der Waals surface area contributed by atoms with Crippen LogP contribution >= 0.6 is 11.3 Å². The predicted octanol–water partition coefficient (Wildman–Crippen LogP) is 2.76. The van der Waals surface area contributed by atoms with Crippen molar-refractivity contribution in [3.8, 4) is 0 Å². The van der Waals surface area contributed by atoms with Gasteiger partial charge in [0.2, 0.25) is 10.0 Å². The van der Waals surface area contributed by atoms with Crippen molar-refractivity contribution in [3.05, 3.63) is 15.8 Å². The molecule has 20 heavy (non-hydrogen) atoms. The number of carboxylic acid groups (broad SMARTS) is 1. The number of hydrogen-bond acceptors (Lipinski definition) is 4. The summed E-state index contributed by atoms with van der Waals surface area (Å²) >= 11 is 0.997. The topological polar surface area (TPSA) is 83.5 Å². The van der Waals surface area contributed by atoms with E-state index in [-0.39, 0.29) is 15.8 Å². The molecule has 0 radical (unpaired) electrons. The van der Waals surface area contributed by atoms with Gasteiger partial charge in [0.1, 0.15) is 4.88 Å². The van der Waals surface area contributed by atoms with Gasteiger partial charge in [-0.2, -0.15) is 0 Å². The first-order chi connectivity index (χ1) is 9.40. The molecule has 0 unspecified atom stereocenters. The number of aromatic carboxylic acids is 1. The second-order valence-corrected chi connectivity index (χ2v) is 8.08. The van der Waals surface area contributed by atoms with Gasteiger partial charge in [0.25, 0.3) is 0 Å². The van der Waals surface area contributed by atoms with Gasteiger partial charge in [-0.15, -0.1) is 11.3 Å². The van der Waals surface area contributed by atoms with Crippen molar-refractivity contribution in [1.82, 2.24) is 4.72 Å². The van der Waals surface area contributed by atoms with Crippen molar-refractivity contribution in [1.29, 1.82) is 0 Å². The van der Waals surface area contributed by atoms with Gasteiger partial charge in [0.05, 0.1) is 4.90 Å². The normalized spacial score (nSPS) is 17.9. The van der Waals surface area contributed by atoms with Gasteiger partial charge in [-0.25, -0.2) is 17.9 Å². The van der Waals surface area contributed by atoms with Crippen molar-refractivity contribution >= 4 is 27.3 Å². The summed E-state index contributed by atoms with van der Waals surface area (Å²) in [5, 5.41) is 8.94. The minimum absolute atomic E-state index is 0.0323. The Morgan fingerprint density at radius 1 is 1.30 bits per heavy atom. The van der Waals surface area contributed by atoms with Crippen LogP contribution in [0.4, 0.5) is 0 Å². The molecule has 1 heterocycles. The third kappa shape index (κ3) is 3.59. The molecule has 0 aliphatic heterocycles. The molecule has 1 aromatic heterocycles. The van der Waals surface area contributed by atoms with Gasteiger partial charge in [-0.3, -0.25) is 0 Å². The molecule has 112 valence electrons. The van der Waals surface area contributed by atoms with Gasteiger partial charge in [-0.1, -0.05) is 25.7 Å². The van der Waals surface area contributed by atoms with E-state index in [1.165, 1.54) is 6.07 Å². The van der Waals surface area contributed by atoms with E-state index in [4.69, 9.17) is 5.11 Å². The fraction of sp³-hybridized carbons (Fsp3) is 0.615. The average molecular weight is 317 g/mol. The summed E-state index contributed by atoms with van der Waals surface area (Å²) < 4.78 is 27.5. The standard InChI is InChI=1S/C13H19NO4S2/c1-9-12(8-11(19-9)13(15)16)20(17,18)14-10-6-4-2-3-5-7-10/h8,10,14H,2-7H2,1H3,(H,15,16). The number of rotatable bonds is 4. The molecule has 0 atom stereocenters. The smallest absolute Gasteiger partial charge is 0.345 e. The van der Waals surface area contributed by atoms with Gasteiger partial charge in [-0.05, 0) is 25.8 Å². The summed E-state index contributed by atoms with van der Waals surface area (Å²) in [6.45, 7) is 1.64. The molecule has 1 aliphatic carbocycles. The SMILES string of the molecule is Cc1sc(C(=O)O)cc1S(=O)(=O)NC1CCCCCC1. The third-order valence-electron chi connectivity index (χ3n) is 3.55. The lowest BCUT2D eigenvalue weighted by molar-refractivity contribution is 0.0702. The first kappa shape index (κ1) is 15.5. The Balaban J connectivity index is 2.19. The summed E-state index contributed by atoms with van der Waals surface area (Å²) in [6.07, 6.45) is 6.09. The van der Waals surface area contributed by atoms with E-state index in [0.29, 0.717) is 4.88 Å². The van der Waals surface area contributed by atoms with E-state index in [2.05, 4.69) is 4.72 Å². The summed E-state index contributed by atoms with van der Waals surface area (Å²) in [5.41, 5.74) is 0. The lowest BCUT2D eigenvalue weighted by Crippen LogP contribution is -2.34. The highest BCUT2D eigenvalue weighted by Crippen LogP contribution is 2.27. The van der Waals surface area contributed by atoms with Crippen LogP contribution in [0, 0.1) is 6.92 Å². The van der Waals surface area contributed by atoms with Gasteiger partial charge in [0, 0.05) is 10.9 Å². The van der Waals surface area contributed by atoms with Crippen LogP contribution in [0.15, 0.2) is 11.0 Å². The minimum Gasteiger partial charge on any atom is -0.477 e. The van der Waals surface area contributed by atoms with E-state index in [9.17, 15) is 13.2 Å². The molecule has 1 fully saturated rings. The predicted molar refractivity (Wildman–Crippen MR) is 77.8 cm³/mol. The van der Waals surface area contributed by atoms with Gasteiger partial charge in [0.15, 0.2) is 0 Å². The van der Waals surface area contributed by atoms with Crippen molar-refractivity contribution in [2.75, 3.05) is 0 Å². The third-order valence-corrected chi connectivity index (χ3v) is 6.36. The van der Waals surface area contributed by atoms with Crippen LogP contribution in [0.25, 0.3) is 0 Å². The van der Waals surface area contributed by atoms with Crippen LogP contribution in [-0.2, 0) is 10.0 Å². The van der Waals surface area contributed by atoms with Crippen LogP contribution in [0.5, 0.6) is 0 Å². The molecule has 2 rings (SSSR count). The second kappa shape index (κ2) is 6.24. The Hall–Kier alpha value is -0.920. The summed E-state index contributed by atoms with van der Waals surface area (Å²) in [7, 11) is -3.62.